The van der Waals surface area contributed by atoms with Gasteiger partial charge in [-0.2, -0.15) is 0 Å². The number of ketones is 1. The number of rotatable bonds is 8. The molecule has 1 atom stereocenters. The zero-order valence-corrected chi connectivity index (χ0v) is 12.3. The minimum Gasteiger partial charge on any atom is -0.480 e. The lowest BCUT2D eigenvalue weighted by Gasteiger charge is -2.28. The van der Waals surface area contributed by atoms with Gasteiger partial charge < -0.3 is 5.11 Å². The van der Waals surface area contributed by atoms with Crippen LogP contribution >= 0.6 is 0 Å². The second-order valence-corrected chi connectivity index (χ2v) is 5.79. The third-order valence-electron chi connectivity index (χ3n) is 3.15. The molecule has 0 aliphatic carbocycles. The molecule has 1 rings (SSSR count). The zero-order valence-electron chi connectivity index (χ0n) is 12.3. The molecule has 20 heavy (non-hydrogen) atoms. The molecule has 1 aromatic carbocycles. The molecule has 0 fully saturated rings. The Bertz CT molecular complexity index is 454. The fraction of sp³-hybridized carbons (Fsp3) is 0.500. The Hall–Kier alpha value is -1.68. The van der Waals surface area contributed by atoms with Crippen molar-refractivity contribution in [3.63, 3.8) is 0 Å². The van der Waals surface area contributed by atoms with Gasteiger partial charge in [0, 0.05) is 18.4 Å². The Labute approximate surface area is 120 Å². The molecule has 0 saturated heterocycles. The minimum atomic E-state index is -0.908. The number of carboxylic acids is 1. The third kappa shape index (κ3) is 5.97. The van der Waals surface area contributed by atoms with Gasteiger partial charge >= 0.3 is 5.97 Å². The van der Waals surface area contributed by atoms with Crippen LogP contribution in [0.2, 0.25) is 0 Å². The molecular weight excluding hydrogens is 254 g/mol. The third-order valence-corrected chi connectivity index (χ3v) is 3.15. The Morgan fingerprint density at radius 2 is 1.85 bits per heavy atom. The molecule has 0 radical (unpaired) electrons. The van der Waals surface area contributed by atoms with Gasteiger partial charge in [0.15, 0.2) is 0 Å². The van der Waals surface area contributed by atoms with Crippen LogP contribution in [0.1, 0.15) is 39.2 Å². The summed E-state index contributed by atoms with van der Waals surface area (Å²) in [4.78, 5) is 22.8. The molecule has 0 spiro atoms. The van der Waals surface area contributed by atoms with E-state index < -0.39 is 17.6 Å². The molecule has 4 nitrogen and oxygen atoms in total. The van der Waals surface area contributed by atoms with Crippen molar-refractivity contribution in [3.05, 3.63) is 35.9 Å². The number of hydrogen-bond donors (Lipinski definition) is 2. The van der Waals surface area contributed by atoms with Crippen molar-refractivity contribution in [1.82, 2.24) is 5.32 Å². The molecule has 2 N–H and O–H groups in total. The first kappa shape index (κ1) is 16.4. The van der Waals surface area contributed by atoms with E-state index in [1.54, 1.807) is 6.92 Å². The van der Waals surface area contributed by atoms with Crippen molar-refractivity contribution in [3.8, 4) is 0 Å². The number of nitrogens with one attached hydrogen (secondary N) is 1. The van der Waals surface area contributed by atoms with Gasteiger partial charge in [0.25, 0.3) is 0 Å². The second-order valence-electron chi connectivity index (χ2n) is 5.79. The highest BCUT2D eigenvalue weighted by molar-refractivity contribution is 5.80. The van der Waals surface area contributed by atoms with Crippen LogP contribution in [0.5, 0.6) is 0 Å². The van der Waals surface area contributed by atoms with E-state index in [0.29, 0.717) is 12.8 Å². The predicted molar refractivity (Wildman–Crippen MR) is 78.7 cm³/mol. The monoisotopic (exact) mass is 277 g/mol. The zero-order chi connectivity index (χ0) is 15.2. The highest BCUT2D eigenvalue weighted by Crippen LogP contribution is 2.13. The van der Waals surface area contributed by atoms with Crippen LogP contribution in [0.3, 0.4) is 0 Å². The van der Waals surface area contributed by atoms with Gasteiger partial charge in [-0.1, -0.05) is 30.3 Å². The van der Waals surface area contributed by atoms with Crippen molar-refractivity contribution >= 4 is 11.8 Å². The van der Waals surface area contributed by atoms with Crippen molar-refractivity contribution in [2.75, 3.05) is 0 Å². The first-order valence-electron chi connectivity index (χ1n) is 6.86. The van der Waals surface area contributed by atoms with E-state index in [1.807, 2.05) is 44.2 Å². The Kier molecular flexibility index (Phi) is 5.89. The fourth-order valence-electron chi connectivity index (χ4n) is 2.21. The molecule has 0 aliphatic heterocycles. The summed E-state index contributed by atoms with van der Waals surface area (Å²) in [5.74, 6) is -0.765. The van der Waals surface area contributed by atoms with Gasteiger partial charge in [-0.15, -0.1) is 0 Å². The molecule has 0 unspecified atom stereocenters. The standard InChI is InChI=1S/C16H23NO3/c1-12(15(19)20)17-16(2,3)11-14(18)10-9-13-7-5-4-6-8-13/h4-8,12,17H,9-11H2,1-3H3,(H,19,20)/t12-/m0/s1. The summed E-state index contributed by atoms with van der Waals surface area (Å²) in [6.45, 7) is 5.29. The average molecular weight is 277 g/mol. The molecule has 0 amide bonds. The van der Waals surface area contributed by atoms with Crippen LogP contribution in [0.25, 0.3) is 0 Å². The lowest BCUT2D eigenvalue weighted by Crippen LogP contribution is -2.49. The van der Waals surface area contributed by atoms with Crippen molar-refractivity contribution in [1.29, 1.82) is 0 Å². The number of benzene rings is 1. The first-order valence-corrected chi connectivity index (χ1v) is 6.86. The quantitative estimate of drug-likeness (QED) is 0.766. The van der Waals surface area contributed by atoms with Gasteiger partial charge in [-0.3, -0.25) is 14.9 Å². The van der Waals surface area contributed by atoms with Crippen LogP contribution < -0.4 is 5.32 Å². The van der Waals surface area contributed by atoms with Crippen LogP contribution in [0, 0.1) is 0 Å². The van der Waals surface area contributed by atoms with E-state index in [1.165, 1.54) is 0 Å². The maximum Gasteiger partial charge on any atom is 0.320 e. The number of carbonyl (C=O) groups excluding carboxylic acids is 1. The van der Waals surface area contributed by atoms with Crippen molar-refractivity contribution in [2.45, 2.75) is 51.6 Å². The molecular formula is C16H23NO3. The van der Waals surface area contributed by atoms with Gasteiger partial charge in [0.05, 0.1) is 0 Å². The number of aryl methyl sites for hydroxylation is 1. The molecule has 0 heterocycles. The Morgan fingerprint density at radius 1 is 1.25 bits per heavy atom. The summed E-state index contributed by atoms with van der Waals surface area (Å²) in [5.41, 5.74) is 0.636. The van der Waals surface area contributed by atoms with E-state index in [2.05, 4.69) is 5.32 Å². The molecule has 0 aliphatic rings. The summed E-state index contributed by atoms with van der Waals surface area (Å²) >= 11 is 0. The molecule has 0 aromatic heterocycles. The highest BCUT2D eigenvalue weighted by Gasteiger charge is 2.25. The van der Waals surface area contributed by atoms with Crippen LogP contribution in [0.15, 0.2) is 30.3 Å². The van der Waals surface area contributed by atoms with E-state index in [0.717, 1.165) is 12.0 Å². The van der Waals surface area contributed by atoms with E-state index in [-0.39, 0.29) is 5.78 Å². The summed E-state index contributed by atoms with van der Waals surface area (Å²) in [6.07, 6.45) is 1.54. The average Bonchev–Trinajstić information content (AvgIpc) is 2.36. The molecule has 0 bridgehead atoms. The summed E-state index contributed by atoms with van der Waals surface area (Å²) in [6, 6.07) is 9.21. The van der Waals surface area contributed by atoms with Gasteiger partial charge in [0.2, 0.25) is 0 Å². The van der Waals surface area contributed by atoms with Crippen molar-refractivity contribution < 1.29 is 14.7 Å². The number of hydrogen-bond acceptors (Lipinski definition) is 3. The van der Waals surface area contributed by atoms with E-state index in [4.69, 9.17) is 5.11 Å². The Morgan fingerprint density at radius 3 is 2.40 bits per heavy atom. The number of aliphatic carboxylic acids is 1. The molecule has 4 heteroatoms. The van der Waals surface area contributed by atoms with Crippen LogP contribution in [-0.2, 0) is 16.0 Å². The highest BCUT2D eigenvalue weighted by atomic mass is 16.4. The maximum atomic E-state index is 12.0. The molecule has 0 saturated carbocycles. The van der Waals surface area contributed by atoms with Gasteiger partial charge in [-0.05, 0) is 32.8 Å². The number of carboxylic acid groups (broad SMARTS) is 1. The maximum absolute atomic E-state index is 12.0. The lowest BCUT2D eigenvalue weighted by atomic mass is 9.93. The van der Waals surface area contributed by atoms with E-state index >= 15 is 0 Å². The largest absolute Gasteiger partial charge is 0.480 e. The fourth-order valence-corrected chi connectivity index (χ4v) is 2.21. The Balaban J connectivity index is 2.42. The second kappa shape index (κ2) is 7.20. The molecule has 1 aromatic rings. The number of carbonyl (C=O) groups is 2. The minimum absolute atomic E-state index is 0.143. The first-order chi connectivity index (χ1) is 9.30. The summed E-state index contributed by atoms with van der Waals surface area (Å²) in [7, 11) is 0. The molecule has 110 valence electrons. The predicted octanol–water partition coefficient (Wildman–Crippen LogP) is 2.42. The van der Waals surface area contributed by atoms with Crippen LogP contribution in [-0.4, -0.2) is 28.4 Å². The van der Waals surface area contributed by atoms with Crippen molar-refractivity contribution in [2.24, 2.45) is 0 Å². The van der Waals surface area contributed by atoms with Crippen LogP contribution in [0.4, 0.5) is 0 Å². The SMILES string of the molecule is C[C@H](NC(C)(C)CC(=O)CCc1ccccc1)C(=O)O. The lowest BCUT2D eigenvalue weighted by molar-refractivity contribution is -0.139. The van der Waals surface area contributed by atoms with Gasteiger partial charge in [-0.25, -0.2) is 0 Å². The normalized spacial score (nSPS) is 12.9. The van der Waals surface area contributed by atoms with Gasteiger partial charge in [0.1, 0.15) is 11.8 Å². The number of Topliss-reactive ketones (excluding diaryl/α,β-unsaturated/α-hetero) is 1. The van der Waals surface area contributed by atoms with E-state index in [9.17, 15) is 9.59 Å². The summed E-state index contributed by atoms with van der Waals surface area (Å²) < 4.78 is 0. The smallest absolute Gasteiger partial charge is 0.320 e. The topological polar surface area (TPSA) is 66.4 Å². The summed E-state index contributed by atoms with van der Waals surface area (Å²) in [5, 5.41) is 11.8.